The molecule has 224 valence electrons. The number of allylic oxidation sites excluding steroid dienone is 2. The first-order valence-corrected chi connectivity index (χ1v) is 15.2. The second kappa shape index (κ2) is 13.5. The number of aromatic nitrogens is 2. The zero-order valence-corrected chi connectivity index (χ0v) is 26.6. The average Bonchev–Trinajstić information content (AvgIpc) is 2.96. The number of rotatable bonds is 9. The summed E-state index contributed by atoms with van der Waals surface area (Å²) in [4.78, 5) is 38.8. The molecule has 1 aliphatic heterocycles. The van der Waals surface area contributed by atoms with Gasteiger partial charge in [0.1, 0.15) is 5.82 Å². The van der Waals surface area contributed by atoms with Gasteiger partial charge in [0.25, 0.3) is 11.5 Å². The molecule has 4 rings (SSSR count). The highest BCUT2D eigenvalue weighted by atomic mass is 16.1. The van der Waals surface area contributed by atoms with Crippen LogP contribution in [0.5, 0.6) is 0 Å². The van der Waals surface area contributed by atoms with Gasteiger partial charge >= 0.3 is 0 Å². The lowest BCUT2D eigenvalue weighted by atomic mass is 9.86. The monoisotopic (exact) mass is 569 g/mol. The number of carbonyl (C=O) groups is 1. The Hall–Kier alpha value is -3.71. The fourth-order valence-corrected chi connectivity index (χ4v) is 5.81. The standard InChI is InChI=1S/C35H47N5O2/c1-9-22(2)23(3)16-25(5)33-26(6)18-29(28-10-11-32(36-20-28)40-14-12-39(8)13-15-40)19-30(33)34(41)37-21-31-24(4)17-27(7)38-35(31)42/h10-11,16-20,22-23H,9,12-15,21H2,1-8H3,(H,37,41)(H,38,42)/b25-16-. The Morgan fingerprint density at radius 2 is 1.76 bits per heavy atom. The molecule has 1 saturated heterocycles. The highest BCUT2D eigenvalue weighted by Gasteiger charge is 2.20. The largest absolute Gasteiger partial charge is 0.354 e. The van der Waals surface area contributed by atoms with E-state index in [-0.39, 0.29) is 18.0 Å². The first-order valence-electron chi connectivity index (χ1n) is 15.2. The lowest BCUT2D eigenvalue weighted by Crippen LogP contribution is -2.44. The molecule has 3 aromatic rings. The summed E-state index contributed by atoms with van der Waals surface area (Å²) in [7, 11) is 2.15. The molecule has 0 saturated carbocycles. The summed E-state index contributed by atoms with van der Waals surface area (Å²) in [6.45, 7) is 18.8. The smallest absolute Gasteiger partial charge is 0.253 e. The minimum atomic E-state index is -0.194. The van der Waals surface area contributed by atoms with E-state index in [9.17, 15) is 9.59 Å². The number of nitrogens with one attached hydrogen (secondary N) is 2. The predicted molar refractivity (Wildman–Crippen MR) is 174 cm³/mol. The predicted octanol–water partition coefficient (Wildman–Crippen LogP) is 6.13. The van der Waals surface area contributed by atoms with Crippen LogP contribution in [0.25, 0.3) is 16.7 Å². The summed E-state index contributed by atoms with van der Waals surface area (Å²) < 4.78 is 0. The van der Waals surface area contributed by atoms with Gasteiger partial charge in [-0.15, -0.1) is 0 Å². The number of pyridine rings is 2. The van der Waals surface area contributed by atoms with E-state index in [1.165, 1.54) is 0 Å². The van der Waals surface area contributed by atoms with Crippen LogP contribution in [0.2, 0.25) is 0 Å². The molecule has 2 N–H and O–H groups in total. The Morgan fingerprint density at radius 1 is 1.05 bits per heavy atom. The number of anilines is 1. The van der Waals surface area contributed by atoms with E-state index in [0.717, 1.165) is 77.5 Å². The molecule has 7 heteroatoms. The SMILES string of the molecule is CCC(C)C(C)/C=C(/C)c1c(C)cc(-c2ccc(N3CCN(C)CC3)nc2)cc1C(=O)NCc1c(C)cc(C)[nH]c1=O. The number of benzene rings is 1. The quantitative estimate of drug-likeness (QED) is 0.324. The molecule has 0 spiro atoms. The van der Waals surface area contributed by atoms with Crippen LogP contribution < -0.4 is 15.8 Å². The van der Waals surface area contributed by atoms with Gasteiger partial charge in [-0.05, 0) is 98.7 Å². The summed E-state index contributed by atoms with van der Waals surface area (Å²) in [6.07, 6.45) is 5.29. The summed E-state index contributed by atoms with van der Waals surface area (Å²) in [6, 6.07) is 10.2. The zero-order chi connectivity index (χ0) is 30.6. The van der Waals surface area contributed by atoms with Gasteiger partial charge in [0, 0.05) is 61.3 Å². The first-order chi connectivity index (χ1) is 20.0. The van der Waals surface area contributed by atoms with Crippen molar-refractivity contribution in [3.8, 4) is 11.1 Å². The minimum absolute atomic E-state index is 0.163. The van der Waals surface area contributed by atoms with E-state index in [1.54, 1.807) is 0 Å². The molecule has 0 radical (unpaired) electrons. The van der Waals surface area contributed by atoms with E-state index < -0.39 is 0 Å². The normalized spacial score (nSPS) is 15.9. The van der Waals surface area contributed by atoms with Gasteiger partial charge in [0.2, 0.25) is 0 Å². The fourth-order valence-electron chi connectivity index (χ4n) is 5.81. The van der Waals surface area contributed by atoms with E-state index >= 15 is 0 Å². The van der Waals surface area contributed by atoms with Crippen molar-refractivity contribution >= 4 is 17.3 Å². The van der Waals surface area contributed by atoms with Gasteiger partial charge < -0.3 is 20.1 Å². The van der Waals surface area contributed by atoms with Crippen molar-refractivity contribution in [2.24, 2.45) is 11.8 Å². The van der Waals surface area contributed by atoms with E-state index in [2.05, 4.69) is 86.0 Å². The molecular formula is C35H47N5O2. The fraction of sp³-hybridized carbons (Fsp3) is 0.457. The summed E-state index contributed by atoms with van der Waals surface area (Å²) in [5, 5.41) is 3.05. The number of hydrogen-bond donors (Lipinski definition) is 2. The second-order valence-electron chi connectivity index (χ2n) is 12.1. The second-order valence-corrected chi connectivity index (χ2v) is 12.1. The molecule has 2 unspecified atom stereocenters. The maximum atomic E-state index is 13.9. The average molecular weight is 570 g/mol. The van der Waals surface area contributed by atoms with Crippen molar-refractivity contribution in [1.29, 1.82) is 0 Å². The number of hydrogen-bond acceptors (Lipinski definition) is 5. The lowest BCUT2D eigenvalue weighted by molar-refractivity contribution is 0.0950. The third-order valence-corrected chi connectivity index (χ3v) is 8.86. The third kappa shape index (κ3) is 7.19. The number of H-pyrrole nitrogens is 1. The van der Waals surface area contributed by atoms with Gasteiger partial charge in [-0.25, -0.2) is 4.98 Å². The molecule has 2 aromatic heterocycles. The number of likely N-dealkylation sites (N-methyl/N-ethyl adjacent to an activating group) is 1. The van der Waals surface area contributed by atoms with Gasteiger partial charge in [0.05, 0.1) is 0 Å². The molecule has 42 heavy (non-hydrogen) atoms. The molecule has 0 bridgehead atoms. The molecule has 1 fully saturated rings. The van der Waals surface area contributed by atoms with E-state index in [0.29, 0.717) is 23.0 Å². The summed E-state index contributed by atoms with van der Waals surface area (Å²) >= 11 is 0. The van der Waals surface area contributed by atoms with Crippen molar-refractivity contribution in [3.63, 3.8) is 0 Å². The Labute approximate surface area is 251 Å². The number of aryl methyl sites for hydroxylation is 3. The molecule has 0 aliphatic carbocycles. The molecule has 7 nitrogen and oxygen atoms in total. The molecule has 1 aliphatic rings. The lowest BCUT2D eigenvalue weighted by Gasteiger charge is -2.33. The van der Waals surface area contributed by atoms with Gasteiger partial charge in [0.15, 0.2) is 0 Å². The van der Waals surface area contributed by atoms with Gasteiger partial charge in [-0.2, -0.15) is 0 Å². The maximum Gasteiger partial charge on any atom is 0.253 e. The maximum absolute atomic E-state index is 13.9. The summed E-state index contributed by atoms with van der Waals surface area (Å²) in [5.41, 5.74) is 7.69. The first kappa shape index (κ1) is 31.2. The van der Waals surface area contributed by atoms with Crippen LogP contribution in [-0.2, 0) is 6.54 Å². The summed E-state index contributed by atoms with van der Waals surface area (Å²) in [5.74, 6) is 1.71. The van der Waals surface area contributed by atoms with Crippen molar-refractivity contribution < 1.29 is 4.79 Å². The third-order valence-electron chi connectivity index (χ3n) is 8.86. The van der Waals surface area contributed by atoms with Crippen molar-refractivity contribution in [2.75, 3.05) is 38.1 Å². The van der Waals surface area contributed by atoms with Crippen molar-refractivity contribution in [1.82, 2.24) is 20.2 Å². The Bertz CT molecular complexity index is 1500. The van der Waals surface area contributed by atoms with Crippen LogP contribution >= 0.6 is 0 Å². The molecule has 1 amide bonds. The van der Waals surface area contributed by atoms with Crippen LogP contribution in [0.4, 0.5) is 5.82 Å². The number of amides is 1. The van der Waals surface area contributed by atoms with Crippen LogP contribution in [0, 0.1) is 32.6 Å². The zero-order valence-electron chi connectivity index (χ0n) is 26.6. The highest BCUT2D eigenvalue weighted by Crippen LogP contribution is 2.32. The minimum Gasteiger partial charge on any atom is -0.354 e. The Kier molecular flexibility index (Phi) is 10.0. The van der Waals surface area contributed by atoms with E-state index in [4.69, 9.17) is 4.98 Å². The van der Waals surface area contributed by atoms with Gasteiger partial charge in [-0.1, -0.05) is 39.3 Å². The molecule has 3 heterocycles. The number of aromatic amines is 1. The number of nitrogens with zero attached hydrogens (tertiary/aromatic N) is 3. The molecular weight excluding hydrogens is 522 g/mol. The Balaban J connectivity index is 1.70. The van der Waals surface area contributed by atoms with Crippen LogP contribution in [0.15, 0.2) is 47.4 Å². The molecule has 2 atom stereocenters. The van der Waals surface area contributed by atoms with Crippen molar-refractivity contribution in [3.05, 3.63) is 86.5 Å². The number of piperazine rings is 1. The highest BCUT2D eigenvalue weighted by molar-refractivity contribution is 6.01. The van der Waals surface area contributed by atoms with E-state index in [1.807, 2.05) is 32.2 Å². The van der Waals surface area contributed by atoms with Crippen LogP contribution in [-0.4, -0.2) is 54.0 Å². The van der Waals surface area contributed by atoms with Gasteiger partial charge in [-0.3, -0.25) is 9.59 Å². The Morgan fingerprint density at radius 3 is 2.38 bits per heavy atom. The topological polar surface area (TPSA) is 81.3 Å². The van der Waals surface area contributed by atoms with Crippen LogP contribution in [0.3, 0.4) is 0 Å². The van der Waals surface area contributed by atoms with Crippen LogP contribution in [0.1, 0.15) is 72.4 Å². The number of carbonyl (C=O) groups excluding carboxylic acids is 1. The van der Waals surface area contributed by atoms with Crippen molar-refractivity contribution in [2.45, 2.75) is 61.4 Å². The molecule has 1 aromatic carbocycles.